The third-order valence-corrected chi connectivity index (χ3v) is 3.64. The van der Waals surface area contributed by atoms with E-state index in [9.17, 15) is 0 Å². The first-order chi connectivity index (χ1) is 8.77. The van der Waals surface area contributed by atoms with Crippen LogP contribution in [0.4, 0.5) is 0 Å². The Morgan fingerprint density at radius 2 is 2.11 bits per heavy atom. The van der Waals surface area contributed by atoms with Crippen LogP contribution in [0.1, 0.15) is 59.3 Å². The molecule has 1 fully saturated rings. The molecule has 18 heavy (non-hydrogen) atoms. The molecule has 0 amide bonds. The van der Waals surface area contributed by atoms with E-state index < -0.39 is 0 Å². The zero-order valence-electron chi connectivity index (χ0n) is 12.4. The van der Waals surface area contributed by atoms with Gasteiger partial charge >= 0.3 is 0 Å². The fourth-order valence-corrected chi connectivity index (χ4v) is 2.57. The van der Waals surface area contributed by atoms with Crippen LogP contribution < -0.4 is 5.32 Å². The monoisotopic (exact) mass is 257 g/mol. The first-order valence-corrected chi connectivity index (χ1v) is 7.74. The van der Waals surface area contributed by atoms with Crippen molar-refractivity contribution in [3.63, 3.8) is 0 Å². The van der Waals surface area contributed by atoms with E-state index in [4.69, 9.17) is 9.47 Å². The minimum Gasteiger partial charge on any atom is -0.379 e. The molecule has 0 aromatic carbocycles. The van der Waals surface area contributed by atoms with Crippen molar-refractivity contribution >= 4 is 0 Å². The summed E-state index contributed by atoms with van der Waals surface area (Å²) in [4.78, 5) is 0. The van der Waals surface area contributed by atoms with Crippen molar-refractivity contribution in [3.05, 3.63) is 0 Å². The molecule has 0 aromatic rings. The van der Waals surface area contributed by atoms with Crippen LogP contribution in [0.15, 0.2) is 0 Å². The molecule has 1 rings (SSSR count). The fourth-order valence-electron chi connectivity index (χ4n) is 2.57. The summed E-state index contributed by atoms with van der Waals surface area (Å²) in [5.41, 5.74) is 0. The van der Waals surface area contributed by atoms with Gasteiger partial charge in [0.25, 0.3) is 0 Å². The fraction of sp³-hybridized carbons (Fsp3) is 1.00. The third-order valence-electron chi connectivity index (χ3n) is 3.64. The quantitative estimate of drug-likeness (QED) is 0.644. The van der Waals surface area contributed by atoms with Gasteiger partial charge in [0, 0.05) is 12.6 Å². The van der Waals surface area contributed by atoms with Crippen LogP contribution in [0.2, 0.25) is 0 Å². The molecule has 108 valence electrons. The predicted molar refractivity (Wildman–Crippen MR) is 76.0 cm³/mol. The molecule has 3 unspecified atom stereocenters. The van der Waals surface area contributed by atoms with Crippen LogP contribution in [0.25, 0.3) is 0 Å². The second-order valence-electron chi connectivity index (χ2n) is 5.36. The van der Waals surface area contributed by atoms with E-state index in [1.165, 1.54) is 32.1 Å². The van der Waals surface area contributed by atoms with E-state index in [1.807, 2.05) is 0 Å². The van der Waals surface area contributed by atoms with Crippen LogP contribution >= 0.6 is 0 Å². The number of likely N-dealkylation sites (N-methyl/N-ethyl adjacent to an activating group) is 1. The number of ether oxygens (including phenoxy) is 2. The van der Waals surface area contributed by atoms with Gasteiger partial charge in [0.15, 0.2) is 0 Å². The number of hydrogen-bond donors (Lipinski definition) is 1. The molecule has 1 N–H and O–H groups in total. The van der Waals surface area contributed by atoms with Crippen LogP contribution in [-0.2, 0) is 9.47 Å². The van der Waals surface area contributed by atoms with Gasteiger partial charge in [-0.25, -0.2) is 0 Å². The van der Waals surface area contributed by atoms with Crippen LogP contribution in [0.3, 0.4) is 0 Å². The average molecular weight is 257 g/mol. The van der Waals surface area contributed by atoms with Crippen molar-refractivity contribution in [1.29, 1.82) is 0 Å². The molecule has 1 aliphatic heterocycles. The maximum atomic E-state index is 6.15. The summed E-state index contributed by atoms with van der Waals surface area (Å²) in [6.07, 6.45) is 8.11. The minimum absolute atomic E-state index is 0.236. The topological polar surface area (TPSA) is 30.5 Å². The highest BCUT2D eigenvalue weighted by Crippen LogP contribution is 2.16. The molecule has 3 heteroatoms. The Balaban J connectivity index is 2.20. The van der Waals surface area contributed by atoms with E-state index in [2.05, 4.69) is 26.1 Å². The Kier molecular flexibility index (Phi) is 8.64. The lowest BCUT2D eigenvalue weighted by Crippen LogP contribution is -2.48. The molecule has 1 heterocycles. The van der Waals surface area contributed by atoms with Crippen molar-refractivity contribution < 1.29 is 9.47 Å². The van der Waals surface area contributed by atoms with Crippen molar-refractivity contribution in [1.82, 2.24) is 5.32 Å². The van der Waals surface area contributed by atoms with Crippen molar-refractivity contribution in [2.75, 3.05) is 19.8 Å². The van der Waals surface area contributed by atoms with E-state index in [0.29, 0.717) is 12.1 Å². The highest BCUT2D eigenvalue weighted by atomic mass is 16.5. The Hall–Kier alpha value is -0.120. The number of rotatable bonds is 9. The molecule has 1 saturated heterocycles. The lowest BCUT2D eigenvalue weighted by Gasteiger charge is -2.34. The van der Waals surface area contributed by atoms with Gasteiger partial charge in [0.05, 0.1) is 18.8 Å². The van der Waals surface area contributed by atoms with Crippen molar-refractivity contribution in [2.45, 2.75) is 77.5 Å². The standard InChI is InChI=1S/C15H31NO2/c1-4-6-7-8-9-13(3)18-15-12-17-11-10-14(15)16-5-2/h13-16H,4-12H2,1-3H3. The Morgan fingerprint density at radius 3 is 2.83 bits per heavy atom. The Labute approximate surface area is 113 Å². The maximum Gasteiger partial charge on any atom is 0.0965 e. The first-order valence-electron chi connectivity index (χ1n) is 7.74. The van der Waals surface area contributed by atoms with Gasteiger partial charge in [-0.2, -0.15) is 0 Å². The van der Waals surface area contributed by atoms with E-state index in [-0.39, 0.29) is 6.10 Å². The molecule has 0 aliphatic carbocycles. The van der Waals surface area contributed by atoms with Crippen molar-refractivity contribution in [2.24, 2.45) is 0 Å². The summed E-state index contributed by atoms with van der Waals surface area (Å²) < 4.78 is 11.7. The smallest absolute Gasteiger partial charge is 0.0965 e. The van der Waals surface area contributed by atoms with Gasteiger partial charge in [0.2, 0.25) is 0 Å². The van der Waals surface area contributed by atoms with Gasteiger partial charge in [-0.3, -0.25) is 0 Å². The summed E-state index contributed by atoms with van der Waals surface area (Å²) in [5.74, 6) is 0. The molecule has 3 atom stereocenters. The lowest BCUT2D eigenvalue weighted by atomic mass is 10.1. The molecule has 0 bridgehead atoms. The Bertz CT molecular complexity index is 197. The molecule has 1 aliphatic rings. The van der Waals surface area contributed by atoms with Gasteiger partial charge in [-0.1, -0.05) is 39.5 Å². The molecule has 0 radical (unpaired) electrons. The SMILES string of the molecule is CCCCCCC(C)OC1COCCC1NCC. The number of unbranched alkanes of at least 4 members (excludes halogenated alkanes) is 3. The number of nitrogens with one attached hydrogen (secondary N) is 1. The Morgan fingerprint density at radius 1 is 1.28 bits per heavy atom. The van der Waals surface area contributed by atoms with Crippen molar-refractivity contribution in [3.8, 4) is 0 Å². The van der Waals surface area contributed by atoms with Gasteiger partial charge in [0.1, 0.15) is 0 Å². The average Bonchev–Trinajstić information content (AvgIpc) is 2.37. The second kappa shape index (κ2) is 9.76. The molecule has 0 aromatic heterocycles. The summed E-state index contributed by atoms with van der Waals surface area (Å²) in [5, 5.41) is 3.51. The third kappa shape index (κ3) is 6.17. The number of hydrogen-bond acceptors (Lipinski definition) is 3. The zero-order chi connectivity index (χ0) is 13.2. The van der Waals surface area contributed by atoms with Gasteiger partial charge in [-0.05, 0) is 26.3 Å². The largest absolute Gasteiger partial charge is 0.379 e. The first kappa shape index (κ1) is 15.9. The molecular weight excluding hydrogens is 226 g/mol. The van der Waals surface area contributed by atoms with Crippen LogP contribution in [-0.4, -0.2) is 38.0 Å². The molecular formula is C15H31NO2. The molecule has 3 nitrogen and oxygen atoms in total. The summed E-state index contributed by atoms with van der Waals surface area (Å²) in [7, 11) is 0. The van der Waals surface area contributed by atoms with Gasteiger partial charge < -0.3 is 14.8 Å². The minimum atomic E-state index is 0.236. The lowest BCUT2D eigenvalue weighted by molar-refractivity contribution is -0.0967. The highest BCUT2D eigenvalue weighted by Gasteiger charge is 2.26. The summed E-state index contributed by atoms with van der Waals surface area (Å²) in [6.45, 7) is 9.22. The maximum absolute atomic E-state index is 6.15. The normalized spacial score (nSPS) is 26.2. The van der Waals surface area contributed by atoms with E-state index in [0.717, 1.165) is 26.2 Å². The second-order valence-corrected chi connectivity index (χ2v) is 5.36. The molecule has 0 saturated carbocycles. The summed E-state index contributed by atoms with van der Waals surface area (Å²) in [6, 6.07) is 0.474. The van der Waals surface area contributed by atoms with E-state index in [1.54, 1.807) is 0 Å². The van der Waals surface area contributed by atoms with Crippen LogP contribution in [0.5, 0.6) is 0 Å². The van der Waals surface area contributed by atoms with Crippen LogP contribution in [0, 0.1) is 0 Å². The predicted octanol–water partition coefficient (Wildman–Crippen LogP) is 3.13. The zero-order valence-corrected chi connectivity index (χ0v) is 12.4. The highest BCUT2D eigenvalue weighted by molar-refractivity contribution is 4.80. The summed E-state index contributed by atoms with van der Waals surface area (Å²) >= 11 is 0. The van der Waals surface area contributed by atoms with Gasteiger partial charge in [-0.15, -0.1) is 0 Å². The van der Waals surface area contributed by atoms with E-state index >= 15 is 0 Å². The molecule has 0 spiro atoms.